The van der Waals surface area contributed by atoms with Gasteiger partial charge in [-0.25, -0.2) is 4.39 Å². The summed E-state index contributed by atoms with van der Waals surface area (Å²) >= 11 is 20.4. The molecule has 0 unspecified atom stereocenters. The van der Waals surface area contributed by atoms with Gasteiger partial charge in [-0.15, -0.1) is 0 Å². The average molecular weight is 394 g/mol. The van der Waals surface area contributed by atoms with E-state index < -0.39 is 5.82 Å². The minimum absolute atomic E-state index is 0.0892. The molecule has 0 saturated carbocycles. The minimum Gasteiger partial charge on any atom is -0.389 e. The largest absolute Gasteiger partial charge is 0.389 e. The Morgan fingerprint density at radius 1 is 1.15 bits per heavy atom. The highest BCUT2D eigenvalue weighted by Gasteiger charge is 2.12. The first-order valence-corrected chi connectivity index (χ1v) is 7.35. The van der Waals surface area contributed by atoms with Crippen molar-refractivity contribution >= 4 is 67.7 Å². The average Bonchev–Trinajstić information content (AvgIpc) is 2.41. The van der Waals surface area contributed by atoms with Crippen LogP contribution in [-0.4, -0.2) is 4.99 Å². The minimum atomic E-state index is -0.418. The topological polar surface area (TPSA) is 38.0 Å². The summed E-state index contributed by atoms with van der Waals surface area (Å²) in [5.41, 5.74) is 7.11. The lowest BCUT2D eigenvalue weighted by Gasteiger charge is -2.13. The third-order valence-electron chi connectivity index (χ3n) is 2.55. The molecule has 0 amide bonds. The predicted molar refractivity (Wildman–Crippen MR) is 89.7 cm³/mol. The van der Waals surface area contributed by atoms with E-state index in [1.165, 1.54) is 18.2 Å². The van der Waals surface area contributed by atoms with Crippen LogP contribution in [0.1, 0.15) is 5.56 Å². The van der Waals surface area contributed by atoms with Crippen molar-refractivity contribution in [1.82, 2.24) is 0 Å². The summed E-state index contributed by atoms with van der Waals surface area (Å²) in [5.74, 6) is -0.418. The van der Waals surface area contributed by atoms with Crippen molar-refractivity contribution in [1.29, 1.82) is 0 Å². The molecular formula is C13H8BrCl2FN2S. The summed E-state index contributed by atoms with van der Waals surface area (Å²) in [5, 5.41) is 3.78. The first-order valence-electron chi connectivity index (χ1n) is 5.40. The molecule has 2 rings (SSSR count). The van der Waals surface area contributed by atoms with Crippen LogP contribution in [0, 0.1) is 5.82 Å². The highest BCUT2D eigenvalue weighted by molar-refractivity contribution is 9.10. The molecule has 2 aromatic rings. The van der Waals surface area contributed by atoms with Gasteiger partial charge in [0.2, 0.25) is 0 Å². The Bertz CT molecular complexity index is 694. The number of halogens is 4. The maximum atomic E-state index is 13.2. The monoisotopic (exact) mass is 392 g/mol. The van der Waals surface area contributed by atoms with Gasteiger partial charge in [0.15, 0.2) is 0 Å². The summed E-state index contributed by atoms with van der Waals surface area (Å²) in [6.07, 6.45) is 0. The van der Waals surface area contributed by atoms with Crippen LogP contribution in [0.25, 0.3) is 0 Å². The molecule has 2 nitrogen and oxygen atoms in total. The summed E-state index contributed by atoms with van der Waals surface area (Å²) < 4.78 is 13.9. The van der Waals surface area contributed by atoms with Crippen molar-refractivity contribution in [2.75, 3.05) is 5.32 Å². The molecule has 0 atom stereocenters. The molecule has 0 aliphatic heterocycles. The quantitative estimate of drug-likeness (QED) is 0.550. The maximum absolute atomic E-state index is 13.2. The Morgan fingerprint density at radius 3 is 2.45 bits per heavy atom. The van der Waals surface area contributed by atoms with Gasteiger partial charge in [-0.2, -0.15) is 0 Å². The van der Waals surface area contributed by atoms with E-state index in [2.05, 4.69) is 21.2 Å². The maximum Gasteiger partial charge on any atom is 0.124 e. The van der Waals surface area contributed by atoms with Crippen LogP contribution in [-0.2, 0) is 0 Å². The van der Waals surface area contributed by atoms with Crippen molar-refractivity contribution in [3.8, 4) is 0 Å². The van der Waals surface area contributed by atoms with Crippen LogP contribution in [0.3, 0.4) is 0 Å². The van der Waals surface area contributed by atoms with Crippen molar-refractivity contribution in [3.63, 3.8) is 0 Å². The van der Waals surface area contributed by atoms with Crippen LogP contribution in [0.15, 0.2) is 34.8 Å². The van der Waals surface area contributed by atoms with Gasteiger partial charge in [-0.05, 0) is 46.3 Å². The Balaban J connectivity index is 2.45. The molecule has 0 spiro atoms. The number of anilines is 2. The SMILES string of the molecule is NC(=S)c1cc(F)ccc1Nc1ccc(Br)c(Cl)c1Cl. The van der Waals surface area contributed by atoms with E-state index in [1.54, 1.807) is 12.1 Å². The van der Waals surface area contributed by atoms with Crippen molar-refractivity contribution in [2.45, 2.75) is 0 Å². The molecule has 0 radical (unpaired) electrons. The van der Waals surface area contributed by atoms with Gasteiger partial charge >= 0.3 is 0 Å². The zero-order chi connectivity index (χ0) is 14.9. The first-order chi connectivity index (χ1) is 9.40. The molecule has 3 N–H and O–H groups in total. The summed E-state index contributed by atoms with van der Waals surface area (Å²) in [7, 11) is 0. The van der Waals surface area contributed by atoms with Crippen molar-refractivity contribution < 1.29 is 4.39 Å². The number of benzene rings is 2. The van der Waals surface area contributed by atoms with Crippen LogP contribution < -0.4 is 11.1 Å². The van der Waals surface area contributed by atoms with Crippen molar-refractivity contribution in [3.05, 3.63) is 56.2 Å². The molecule has 104 valence electrons. The predicted octanol–water partition coefficient (Wildman–Crippen LogP) is 5.27. The molecule has 20 heavy (non-hydrogen) atoms. The summed E-state index contributed by atoms with van der Waals surface area (Å²) in [4.78, 5) is 0.0892. The Kier molecular flexibility index (Phi) is 4.86. The summed E-state index contributed by atoms with van der Waals surface area (Å²) in [6, 6.07) is 7.60. The second-order valence-corrected chi connectivity index (χ2v) is 5.95. The molecule has 0 aromatic heterocycles. The highest BCUT2D eigenvalue weighted by Crippen LogP contribution is 2.37. The highest BCUT2D eigenvalue weighted by atomic mass is 79.9. The Morgan fingerprint density at radius 2 is 1.80 bits per heavy atom. The molecule has 0 aliphatic rings. The number of thiocarbonyl (C=S) groups is 1. The Hall–Kier alpha value is -0.880. The van der Waals surface area contributed by atoms with Gasteiger partial charge in [0.25, 0.3) is 0 Å². The fraction of sp³-hybridized carbons (Fsp3) is 0. The number of hydrogen-bond acceptors (Lipinski definition) is 2. The number of nitrogens with two attached hydrogens (primary N) is 1. The van der Waals surface area contributed by atoms with E-state index in [-0.39, 0.29) is 4.99 Å². The third kappa shape index (κ3) is 3.23. The van der Waals surface area contributed by atoms with Gasteiger partial charge in [0.05, 0.1) is 15.7 Å². The fourth-order valence-electron chi connectivity index (χ4n) is 1.60. The third-order valence-corrected chi connectivity index (χ3v) is 4.54. The fourth-order valence-corrected chi connectivity index (χ4v) is 2.59. The smallest absolute Gasteiger partial charge is 0.124 e. The second-order valence-electron chi connectivity index (χ2n) is 3.90. The second kappa shape index (κ2) is 6.26. The van der Waals surface area contributed by atoms with Crippen LogP contribution >= 0.6 is 51.3 Å². The Labute approximate surface area is 139 Å². The van der Waals surface area contributed by atoms with Crippen molar-refractivity contribution in [2.24, 2.45) is 5.73 Å². The van der Waals surface area contributed by atoms with E-state index in [9.17, 15) is 4.39 Å². The normalized spacial score (nSPS) is 10.4. The van der Waals surface area contributed by atoms with Crippen LogP contribution in [0.5, 0.6) is 0 Å². The number of rotatable bonds is 3. The lowest BCUT2D eigenvalue weighted by atomic mass is 10.1. The number of nitrogens with one attached hydrogen (secondary N) is 1. The van der Waals surface area contributed by atoms with Gasteiger partial charge in [0, 0.05) is 15.7 Å². The zero-order valence-electron chi connectivity index (χ0n) is 9.88. The molecule has 0 fully saturated rings. The van der Waals surface area contributed by atoms with E-state index in [4.69, 9.17) is 41.2 Å². The van der Waals surface area contributed by atoms with Gasteiger partial charge in [0.1, 0.15) is 10.8 Å². The van der Waals surface area contributed by atoms with Gasteiger partial charge in [-0.1, -0.05) is 35.4 Å². The molecule has 0 aliphatic carbocycles. The van der Waals surface area contributed by atoms with E-state index >= 15 is 0 Å². The first kappa shape index (κ1) is 15.5. The number of hydrogen-bond donors (Lipinski definition) is 2. The lowest BCUT2D eigenvalue weighted by Crippen LogP contribution is -2.12. The molecule has 2 aromatic carbocycles. The van der Waals surface area contributed by atoms with Crippen LogP contribution in [0.4, 0.5) is 15.8 Å². The van der Waals surface area contributed by atoms with E-state index in [1.807, 2.05) is 0 Å². The van der Waals surface area contributed by atoms with Gasteiger partial charge in [-0.3, -0.25) is 0 Å². The molecule has 0 bridgehead atoms. The van der Waals surface area contributed by atoms with E-state index in [0.29, 0.717) is 31.5 Å². The van der Waals surface area contributed by atoms with E-state index in [0.717, 1.165) is 0 Å². The van der Waals surface area contributed by atoms with Gasteiger partial charge < -0.3 is 11.1 Å². The summed E-state index contributed by atoms with van der Waals surface area (Å²) in [6.45, 7) is 0. The molecular weight excluding hydrogens is 386 g/mol. The molecule has 0 saturated heterocycles. The lowest BCUT2D eigenvalue weighted by molar-refractivity contribution is 0.628. The standard InChI is InChI=1S/C13H8BrCl2FN2S/c14-8-2-4-10(12(16)11(8)15)19-9-3-1-6(17)5-7(9)13(18)20/h1-5,19H,(H2,18,20). The van der Waals surface area contributed by atoms with Crippen LogP contribution in [0.2, 0.25) is 10.0 Å². The molecule has 0 heterocycles. The zero-order valence-corrected chi connectivity index (χ0v) is 13.8. The molecule has 7 heteroatoms.